The summed E-state index contributed by atoms with van der Waals surface area (Å²) in [6.07, 6.45) is 3.44. The Balaban J connectivity index is 1.62. The highest BCUT2D eigenvalue weighted by Crippen LogP contribution is 2.22. The number of carbonyl (C=O) groups is 1. The van der Waals surface area contributed by atoms with E-state index in [0.717, 1.165) is 17.0 Å². The van der Waals surface area contributed by atoms with Crippen molar-refractivity contribution >= 4 is 12.0 Å². The Morgan fingerprint density at radius 3 is 2.77 bits per heavy atom. The third-order valence-electron chi connectivity index (χ3n) is 4.35. The fourth-order valence-corrected chi connectivity index (χ4v) is 2.85. The molecule has 0 radical (unpaired) electrons. The van der Waals surface area contributed by atoms with Gasteiger partial charge in [0.1, 0.15) is 11.5 Å². The molecule has 1 aromatic heterocycles. The molecule has 0 saturated carbocycles. The molecule has 0 N–H and O–H groups in total. The first-order chi connectivity index (χ1) is 14.6. The average molecular weight is 402 g/mol. The van der Waals surface area contributed by atoms with Gasteiger partial charge in [0.2, 0.25) is 5.89 Å². The molecule has 30 heavy (non-hydrogen) atoms. The molecular formula is C24H22N2O4. The molecule has 3 aromatic rings. The van der Waals surface area contributed by atoms with Gasteiger partial charge in [-0.05, 0) is 55.8 Å². The molecule has 0 spiro atoms. The molecule has 0 fully saturated rings. The van der Waals surface area contributed by atoms with Crippen LogP contribution in [0.15, 0.2) is 59.0 Å². The van der Waals surface area contributed by atoms with Crippen LogP contribution in [0.5, 0.6) is 5.75 Å². The number of aryl methyl sites for hydroxylation is 1. The monoisotopic (exact) mass is 402 g/mol. The first-order valence-electron chi connectivity index (χ1n) is 9.64. The van der Waals surface area contributed by atoms with E-state index in [9.17, 15) is 10.1 Å². The third kappa shape index (κ3) is 5.36. The molecular weight excluding hydrogens is 380 g/mol. The lowest BCUT2D eigenvalue weighted by atomic mass is 10.1. The van der Waals surface area contributed by atoms with Crippen molar-refractivity contribution in [1.82, 2.24) is 4.98 Å². The lowest BCUT2D eigenvalue weighted by molar-refractivity contribution is -0.137. The molecule has 1 heterocycles. The van der Waals surface area contributed by atoms with Gasteiger partial charge in [-0.3, -0.25) is 0 Å². The third-order valence-corrected chi connectivity index (χ3v) is 4.35. The van der Waals surface area contributed by atoms with Gasteiger partial charge in [0, 0.05) is 18.1 Å². The lowest BCUT2D eigenvalue weighted by Gasteiger charge is -2.07. The van der Waals surface area contributed by atoms with Crippen LogP contribution in [0.2, 0.25) is 0 Å². The van der Waals surface area contributed by atoms with Crippen LogP contribution in [0.4, 0.5) is 0 Å². The van der Waals surface area contributed by atoms with Crippen LogP contribution < -0.4 is 4.74 Å². The van der Waals surface area contributed by atoms with Gasteiger partial charge in [0.05, 0.1) is 30.5 Å². The van der Waals surface area contributed by atoms with Crippen molar-refractivity contribution in [3.05, 3.63) is 77.2 Å². The van der Waals surface area contributed by atoms with Crippen molar-refractivity contribution in [3.63, 3.8) is 0 Å². The van der Waals surface area contributed by atoms with Crippen LogP contribution in [0.25, 0.3) is 17.5 Å². The number of carbonyl (C=O) groups excluding carboxylic acids is 1. The van der Waals surface area contributed by atoms with Crippen molar-refractivity contribution in [3.8, 4) is 23.3 Å². The van der Waals surface area contributed by atoms with Crippen LogP contribution in [0.3, 0.4) is 0 Å². The molecule has 0 aliphatic rings. The van der Waals surface area contributed by atoms with Gasteiger partial charge in [-0.1, -0.05) is 18.2 Å². The maximum absolute atomic E-state index is 11.4. The maximum atomic E-state index is 11.4. The van der Waals surface area contributed by atoms with E-state index in [1.165, 1.54) is 6.08 Å². The molecule has 0 unspecified atom stereocenters. The summed E-state index contributed by atoms with van der Waals surface area (Å²) in [5, 5.41) is 9.38. The van der Waals surface area contributed by atoms with E-state index in [0.29, 0.717) is 42.4 Å². The van der Waals surface area contributed by atoms with E-state index in [2.05, 4.69) is 11.1 Å². The molecule has 0 aliphatic carbocycles. The summed E-state index contributed by atoms with van der Waals surface area (Å²) in [4.78, 5) is 16.0. The summed E-state index contributed by atoms with van der Waals surface area (Å²) < 4.78 is 16.4. The standard InChI is InChI=1S/C24H22N2O4/c1-3-28-23(27)12-10-18-9-11-21(15-20(18)16-25)29-14-13-22-17(2)30-24(26-22)19-7-5-4-6-8-19/h4-12,15H,3,13-14H2,1-2H3. The number of nitriles is 1. The second-order valence-electron chi connectivity index (χ2n) is 6.43. The number of oxazole rings is 1. The number of nitrogens with zero attached hydrogens (tertiary/aromatic N) is 2. The predicted octanol–water partition coefficient (Wildman–Crippen LogP) is 4.72. The number of ether oxygens (including phenoxy) is 2. The minimum atomic E-state index is -0.445. The average Bonchev–Trinajstić information content (AvgIpc) is 3.14. The van der Waals surface area contributed by atoms with E-state index in [1.54, 1.807) is 31.2 Å². The highest BCUT2D eigenvalue weighted by atomic mass is 16.5. The van der Waals surface area contributed by atoms with Crippen molar-refractivity contribution in [2.45, 2.75) is 20.3 Å². The number of rotatable bonds is 8. The fourth-order valence-electron chi connectivity index (χ4n) is 2.85. The van der Waals surface area contributed by atoms with E-state index in [4.69, 9.17) is 13.9 Å². The van der Waals surface area contributed by atoms with Gasteiger partial charge in [-0.25, -0.2) is 9.78 Å². The Kier molecular flexibility index (Phi) is 7.01. The minimum Gasteiger partial charge on any atom is -0.493 e. The van der Waals surface area contributed by atoms with Crippen molar-refractivity contribution in [1.29, 1.82) is 5.26 Å². The highest BCUT2D eigenvalue weighted by molar-refractivity contribution is 5.87. The summed E-state index contributed by atoms with van der Waals surface area (Å²) in [6, 6.07) is 17.0. The van der Waals surface area contributed by atoms with Crippen LogP contribution in [-0.2, 0) is 16.0 Å². The normalized spacial score (nSPS) is 10.7. The van der Waals surface area contributed by atoms with Crippen LogP contribution in [-0.4, -0.2) is 24.2 Å². The topological polar surface area (TPSA) is 85.3 Å². The second kappa shape index (κ2) is 10.1. The van der Waals surface area contributed by atoms with Crippen molar-refractivity contribution in [2.75, 3.05) is 13.2 Å². The van der Waals surface area contributed by atoms with E-state index in [1.807, 2.05) is 37.3 Å². The maximum Gasteiger partial charge on any atom is 0.330 e. The molecule has 0 atom stereocenters. The molecule has 0 aliphatic heterocycles. The van der Waals surface area contributed by atoms with Gasteiger partial charge < -0.3 is 13.9 Å². The van der Waals surface area contributed by atoms with Gasteiger partial charge in [0.25, 0.3) is 0 Å². The Hall–Kier alpha value is -3.85. The molecule has 2 aromatic carbocycles. The van der Waals surface area contributed by atoms with E-state index < -0.39 is 5.97 Å². The SMILES string of the molecule is CCOC(=O)C=Cc1ccc(OCCc2nc(-c3ccccc3)oc2C)cc1C#N. The zero-order valence-electron chi connectivity index (χ0n) is 16.9. The Morgan fingerprint density at radius 2 is 2.03 bits per heavy atom. The number of benzene rings is 2. The quantitative estimate of drug-likeness (QED) is 0.400. The highest BCUT2D eigenvalue weighted by Gasteiger charge is 2.11. The number of esters is 1. The first-order valence-corrected chi connectivity index (χ1v) is 9.64. The smallest absolute Gasteiger partial charge is 0.330 e. The summed E-state index contributed by atoms with van der Waals surface area (Å²) in [7, 11) is 0. The largest absolute Gasteiger partial charge is 0.493 e. The molecule has 3 rings (SSSR count). The number of hydrogen-bond acceptors (Lipinski definition) is 6. The summed E-state index contributed by atoms with van der Waals surface area (Å²) in [5.41, 5.74) is 2.80. The first kappa shape index (κ1) is 20.9. The zero-order valence-corrected chi connectivity index (χ0v) is 16.9. The van der Waals surface area contributed by atoms with Crippen LogP contribution in [0.1, 0.15) is 29.5 Å². The summed E-state index contributed by atoms with van der Waals surface area (Å²) in [5.74, 6) is 1.48. The molecule has 0 saturated heterocycles. The van der Waals surface area contributed by atoms with Gasteiger partial charge in [0.15, 0.2) is 0 Å². The lowest BCUT2D eigenvalue weighted by Crippen LogP contribution is -2.03. The Labute approximate surface area is 175 Å². The van der Waals surface area contributed by atoms with Crippen LogP contribution >= 0.6 is 0 Å². The minimum absolute atomic E-state index is 0.304. The molecule has 152 valence electrons. The molecule has 6 nitrogen and oxygen atoms in total. The van der Waals surface area contributed by atoms with Crippen molar-refractivity contribution < 1.29 is 18.7 Å². The second-order valence-corrected chi connectivity index (χ2v) is 6.43. The number of aromatic nitrogens is 1. The molecule has 0 amide bonds. The van der Waals surface area contributed by atoms with Gasteiger partial charge >= 0.3 is 5.97 Å². The zero-order chi connectivity index (χ0) is 21.3. The summed E-state index contributed by atoms with van der Waals surface area (Å²) in [6.45, 7) is 4.32. The molecule has 0 bridgehead atoms. The number of hydrogen-bond donors (Lipinski definition) is 0. The van der Waals surface area contributed by atoms with E-state index >= 15 is 0 Å². The summed E-state index contributed by atoms with van der Waals surface area (Å²) >= 11 is 0. The van der Waals surface area contributed by atoms with Gasteiger partial charge in [-0.2, -0.15) is 5.26 Å². The van der Waals surface area contributed by atoms with Crippen LogP contribution in [0, 0.1) is 18.3 Å². The molecule has 6 heteroatoms. The Bertz CT molecular complexity index is 1080. The van der Waals surface area contributed by atoms with E-state index in [-0.39, 0.29) is 0 Å². The van der Waals surface area contributed by atoms with Gasteiger partial charge in [-0.15, -0.1) is 0 Å². The Morgan fingerprint density at radius 1 is 1.23 bits per heavy atom. The predicted molar refractivity (Wildman–Crippen MR) is 113 cm³/mol. The van der Waals surface area contributed by atoms with Crippen molar-refractivity contribution in [2.24, 2.45) is 0 Å². The fraction of sp³-hybridized carbons (Fsp3) is 0.208.